The number of carboxylic acids is 1. The molecule has 0 bridgehead atoms. The molecule has 0 spiro atoms. The Morgan fingerprint density at radius 3 is 1.37 bits per heavy atom. The third-order valence-electron chi connectivity index (χ3n) is 8.24. The van der Waals surface area contributed by atoms with Crippen LogP contribution >= 0.6 is 0 Å². The first-order valence-electron chi connectivity index (χ1n) is 18.2. The summed E-state index contributed by atoms with van der Waals surface area (Å²) in [5.74, 6) is -0.646. The maximum absolute atomic E-state index is 12.5. The van der Waals surface area contributed by atoms with Gasteiger partial charge in [0, 0.05) is 12.8 Å². The van der Waals surface area contributed by atoms with E-state index in [1.807, 2.05) is 0 Å². The van der Waals surface area contributed by atoms with Crippen LogP contribution in [0, 0.1) is 0 Å². The van der Waals surface area contributed by atoms with Gasteiger partial charge in [-0.1, -0.05) is 142 Å². The number of allylic oxidation sites excluding steroid dienone is 2. The summed E-state index contributed by atoms with van der Waals surface area (Å²) in [7, 11) is 0. The van der Waals surface area contributed by atoms with Gasteiger partial charge in [0.2, 0.25) is 0 Å². The topological polar surface area (TPSA) is 63.6 Å². The van der Waals surface area contributed by atoms with E-state index in [1.54, 1.807) is 0 Å². The predicted molar refractivity (Wildman–Crippen MR) is 177 cm³/mol. The molecule has 0 saturated carbocycles. The molecule has 0 amide bonds. The highest BCUT2D eigenvalue weighted by Gasteiger charge is 2.14. The summed E-state index contributed by atoms with van der Waals surface area (Å²) >= 11 is 0. The summed E-state index contributed by atoms with van der Waals surface area (Å²) in [5.41, 5.74) is 0. The number of carboxylic acid groups (broad SMARTS) is 1. The van der Waals surface area contributed by atoms with Gasteiger partial charge in [0.05, 0.1) is 0 Å². The van der Waals surface area contributed by atoms with Crippen molar-refractivity contribution in [3.8, 4) is 0 Å². The molecule has 0 aliphatic rings. The number of hydrogen-bond acceptors (Lipinski definition) is 3. The Hall–Kier alpha value is -1.32. The zero-order valence-corrected chi connectivity index (χ0v) is 27.6. The Morgan fingerprint density at radius 2 is 0.878 bits per heavy atom. The summed E-state index contributed by atoms with van der Waals surface area (Å²) in [6.45, 7) is 4.49. The van der Waals surface area contributed by atoms with Crippen LogP contribution in [0.15, 0.2) is 12.2 Å². The van der Waals surface area contributed by atoms with Gasteiger partial charge in [-0.3, -0.25) is 9.59 Å². The van der Waals surface area contributed by atoms with E-state index in [-0.39, 0.29) is 12.1 Å². The maximum Gasteiger partial charge on any atom is 0.306 e. The van der Waals surface area contributed by atoms with Crippen molar-refractivity contribution in [3.05, 3.63) is 12.2 Å². The lowest BCUT2D eigenvalue weighted by atomic mass is 10.0. The van der Waals surface area contributed by atoms with Crippen molar-refractivity contribution < 1.29 is 19.4 Å². The molecular formula is C37H70O4. The second-order valence-electron chi connectivity index (χ2n) is 12.4. The highest BCUT2D eigenvalue weighted by molar-refractivity contribution is 5.69. The van der Waals surface area contributed by atoms with Gasteiger partial charge in [-0.05, 0) is 64.2 Å². The molecule has 4 heteroatoms. The number of ether oxygens (including phenoxy) is 1. The number of hydrogen-bond donors (Lipinski definition) is 1. The number of carbonyl (C=O) groups excluding carboxylic acids is 1. The fourth-order valence-corrected chi connectivity index (χ4v) is 5.53. The molecule has 1 unspecified atom stereocenters. The molecule has 1 atom stereocenters. The lowest BCUT2D eigenvalue weighted by molar-refractivity contribution is -0.150. The SMILES string of the molecule is CCCCCC/C=C\CCCCCCCCC(=O)OC(CCCCC)CCCCCCCCCCCCCC(=O)O. The van der Waals surface area contributed by atoms with Crippen LogP contribution in [0.1, 0.15) is 206 Å². The summed E-state index contributed by atoms with van der Waals surface area (Å²) in [4.78, 5) is 23.0. The molecule has 4 nitrogen and oxygen atoms in total. The molecule has 0 aromatic carbocycles. The molecule has 242 valence electrons. The Labute approximate surface area is 255 Å². The summed E-state index contributed by atoms with van der Waals surface area (Å²) < 4.78 is 5.94. The normalized spacial score (nSPS) is 12.2. The van der Waals surface area contributed by atoms with Crippen molar-refractivity contribution in [1.82, 2.24) is 0 Å². The van der Waals surface area contributed by atoms with E-state index in [4.69, 9.17) is 9.84 Å². The number of esters is 1. The van der Waals surface area contributed by atoms with Crippen LogP contribution in [0.25, 0.3) is 0 Å². The second kappa shape index (κ2) is 33.2. The van der Waals surface area contributed by atoms with Crippen molar-refractivity contribution in [2.45, 2.75) is 213 Å². The second-order valence-corrected chi connectivity index (χ2v) is 12.4. The molecule has 41 heavy (non-hydrogen) atoms. The Balaban J connectivity index is 3.74. The average molecular weight is 579 g/mol. The summed E-state index contributed by atoms with van der Waals surface area (Å²) in [6, 6.07) is 0. The minimum atomic E-state index is -0.672. The monoisotopic (exact) mass is 579 g/mol. The zero-order chi connectivity index (χ0) is 30.1. The van der Waals surface area contributed by atoms with Crippen molar-refractivity contribution in [1.29, 1.82) is 0 Å². The van der Waals surface area contributed by atoms with Crippen LogP contribution in [0.5, 0.6) is 0 Å². The number of carbonyl (C=O) groups is 2. The largest absolute Gasteiger partial charge is 0.481 e. The van der Waals surface area contributed by atoms with E-state index in [1.165, 1.54) is 141 Å². The molecule has 0 aromatic heterocycles. The first-order valence-corrected chi connectivity index (χ1v) is 18.2. The summed E-state index contributed by atoms with van der Waals surface area (Å²) in [5, 5.41) is 8.67. The van der Waals surface area contributed by atoms with E-state index >= 15 is 0 Å². The van der Waals surface area contributed by atoms with Gasteiger partial charge in [-0.15, -0.1) is 0 Å². The van der Waals surface area contributed by atoms with Crippen LogP contribution in [0.2, 0.25) is 0 Å². The van der Waals surface area contributed by atoms with Crippen LogP contribution in [-0.4, -0.2) is 23.1 Å². The van der Waals surface area contributed by atoms with Gasteiger partial charge in [0.15, 0.2) is 0 Å². The minimum absolute atomic E-state index is 0.0264. The Bertz CT molecular complexity index is 585. The minimum Gasteiger partial charge on any atom is -0.481 e. The molecule has 0 aliphatic carbocycles. The van der Waals surface area contributed by atoms with Gasteiger partial charge < -0.3 is 9.84 Å². The first-order chi connectivity index (χ1) is 20.1. The third-order valence-corrected chi connectivity index (χ3v) is 8.24. The van der Waals surface area contributed by atoms with Crippen molar-refractivity contribution in [2.75, 3.05) is 0 Å². The van der Waals surface area contributed by atoms with Crippen LogP contribution < -0.4 is 0 Å². The number of rotatable bonds is 33. The molecule has 0 saturated heterocycles. The number of unbranched alkanes of at least 4 members (excludes halogenated alkanes) is 22. The van der Waals surface area contributed by atoms with Crippen molar-refractivity contribution in [2.24, 2.45) is 0 Å². The fourth-order valence-electron chi connectivity index (χ4n) is 5.53. The van der Waals surface area contributed by atoms with Gasteiger partial charge >= 0.3 is 11.9 Å². The number of aliphatic carboxylic acids is 1. The fraction of sp³-hybridized carbons (Fsp3) is 0.892. The van der Waals surface area contributed by atoms with Crippen LogP contribution in [0.4, 0.5) is 0 Å². The van der Waals surface area contributed by atoms with Gasteiger partial charge in [-0.25, -0.2) is 0 Å². The highest BCUT2D eigenvalue weighted by Crippen LogP contribution is 2.18. The highest BCUT2D eigenvalue weighted by atomic mass is 16.5. The molecular weight excluding hydrogens is 508 g/mol. The van der Waals surface area contributed by atoms with Crippen LogP contribution in [0.3, 0.4) is 0 Å². The molecule has 0 aliphatic heterocycles. The van der Waals surface area contributed by atoms with Crippen LogP contribution in [-0.2, 0) is 14.3 Å². The van der Waals surface area contributed by atoms with E-state index in [0.29, 0.717) is 12.8 Å². The molecule has 0 rings (SSSR count). The van der Waals surface area contributed by atoms with Gasteiger partial charge in [0.25, 0.3) is 0 Å². The van der Waals surface area contributed by atoms with E-state index in [0.717, 1.165) is 38.5 Å². The lowest BCUT2D eigenvalue weighted by Crippen LogP contribution is -2.18. The quantitative estimate of drug-likeness (QED) is 0.0478. The van der Waals surface area contributed by atoms with E-state index in [9.17, 15) is 9.59 Å². The third kappa shape index (κ3) is 33.1. The van der Waals surface area contributed by atoms with E-state index in [2.05, 4.69) is 26.0 Å². The van der Waals surface area contributed by atoms with Gasteiger partial charge in [0.1, 0.15) is 6.10 Å². The predicted octanol–water partition coefficient (Wildman–Crippen LogP) is 12.3. The zero-order valence-electron chi connectivity index (χ0n) is 27.6. The summed E-state index contributed by atoms with van der Waals surface area (Å²) in [6.07, 6.45) is 39.7. The molecule has 0 aromatic rings. The smallest absolute Gasteiger partial charge is 0.306 e. The van der Waals surface area contributed by atoms with Gasteiger partial charge in [-0.2, -0.15) is 0 Å². The molecule has 0 heterocycles. The van der Waals surface area contributed by atoms with Crippen molar-refractivity contribution in [3.63, 3.8) is 0 Å². The van der Waals surface area contributed by atoms with Crippen molar-refractivity contribution >= 4 is 11.9 Å². The maximum atomic E-state index is 12.5. The molecule has 0 fully saturated rings. The van der Waals surface area contributed by atoms with E-state index < -0.39 is 5.97 Å². The standard InChI is InChI=1S/C37H70O4/c1-3-5-7-8-9-10-11-12-13-17-20-23-26-30-34-37(40)41-35(31-27-6-4-2)32-28-24-21-18-15-14-16-19-22-25-29-33-36(38)39/h10-11,35H,3-9,12-34H2,1-2H3,(H,38,39)/b11-10-. The first kappa shape index (κ1) is 39.7. The molecule has 1 N–H and O–H groups in total. The lowest BCUT2D eigenvalue weighted by Gasteiger charge is -2.18. The average Bonchev–Trinajstić information content (AvgIpc) is 2.95. The Morgan fingerprint density at radius 1 is 0.512 bits per heavy atom. The Kier molecular flexibility index (Phi) is 32.1. The molecule has 0 radical (unpaired) electrons.